The van der Waals surface area contributed by atoms with Crippen LogP contribution in [-0.4, -0.2) is 25.0 Å². The standard InChI is InChI=1S/C22H25ClN2O3/c1-13(2)17-7-5-14(3)11-20(17)28-10-9-25-19-8-6-16(23)12-18(19)21(22(25)27)24-15(4)26/h5-8,11-13,21H,9-10H2,1-4H3,(H,24,26)/t21-/m1/s1. The smallest absolute Gasteiger partial charge is 0.254 e. The van der Waals surface area contributed by atoms with Gasteiger partial charge in [0, 0.05) is 23.2 Å². The molecule has 0 radical (unpaired) electrons. The van der Waals surface area contributed by atoms with Crippen LogP contribution in [0.4, 0.5) is 5.69 Å². The van der Waals surface area contributed by atoms with E-state index in [1.54, 1.807) is 17.0 Å². The molecule has 0 saturated carbocycles. The summed E-state index contributed by atoms with van der Waals surface area (Å²) in [5, 5.41) is 3.24. The summed E-state index contributed by atoms with van der Waals surface area (Å²) >= 11 is 6.10. The number of fused-ring (bicyclic) bond motifs is 1. The van der Waals surface area contributed by atoms with Crippen LogP contribution >= 0.6 is 11.6 Å². The molecule has 1 aliphatic rings. The highest BCUT2D eigenvalue weighted by molar-refractivity contribution is 6.31. The van der Waals surface area contributed by atoms with Gasteiger partial charge in [-0.05, 0) is 48.2 Å². The molecule has 0 saturated heterocycles. The third-order valence-corrected chi connectivity index (χ3v) is 5.05. The predicted molar refractivity (Wildman–Crippen MR) is 111 cm³/mol. The van der Waals surface area contributed by atoms with E-state index >= 15 is 0 Å². The molecule has 1 atom stereocenters. The normalized spacial score (nSPS) is 15.7. The van der Waals surface area contributed by atoms with Crippen LogP contribution in [0.1, 0.15) is 49.4 Å². The Labute approximate surface area is 170 Å². The van der Waals surface area contributed by atoms with E-state index in [1.807, 2.05) is 19.1 Å². The second-order valence-electron chi connectivity index (χ2n) is 7.37. The van der Waals surface area contributed by atoms with Crippen molar-refractivity contribution in [2.75, 3.05) is 18.1 Å². The van der Waals surface area contributed by atoms with Crippen molar-refractivity contribution in [1.29, 1.82) is 0 Å². The average Bonchev–Trinajstić information content (AvgIpc) is 2.86. The van der Waals surface area contributed by atoms with Crippen molar-refractivity contribution in [2.45, 2.75) is 39.7 Å². The molecule has 0 spiro atoms. The van der Waals surface area contributed by atoms with Crippen molar-refractivity contribution in [3.8, 4) is 5.75 Å². The van der Waals surface area contributed by atoms with Gasteiger partial charge in [0.25, 0.3) is 5.91 Å². The molecule has 6 heteroatoms. The van der Waals surface area contributed by atoms with Crippen LogP contribution < -0.4 is 15.0 Å². The maximum atomic E-state index is 12.9. The minimum Gasteiger partial charge on any atom is -0.491 e. The zero-order valence-electron chi connectivity index (χ0n) is 16.6. The minimum absolute atomic E-state index is 0.176. The number of rotatable bonds is 6. The highest BCUT2D eigenvalue weighted by Gasteiger charge is 2.37. The SMILES string of the molecule is CC(=O)N[C@H]1C(=O)N(CCOc2cc(C)ccc2C(C)C)c2ccc(Cl)cc21. The molecule has 1 N–H and O–H groups in total. The average molecular weight is 401 g/mol. The fourth-order valence-corrected chi connectivity index (χ4v) is 3.65. The van der Waals surface area contributed by atoms with E-state index in [4.69, 9.17) is 16.3 Å². The van der Waals surface area contributed by atoms with Gasteiger partial charge >= 0.3 is 0 Å². The molecule has 1 heterocycles. The fraction of sp³-hybridized carbons (Fsp3) is 0.364. The van der Waals surface area contributed by atoms with Crippen molar-refractivity contribution in [3.63, 3.8) is 0 Å². The molecule has 0 bridgehead atoms. The summed E-state index contributed by atoms with van der Waals surface area (Å²) in [7, 11) is 0. The van der Waals surface area contributed by atoms with Crippen molar-refractivity contribution in [1.82, 2.24) is 5.32 Å². The molecule has 2 aromatic rings. The second-order valence-corrected chi connectivity index (χ2v) is 7.81. The number of nitrogens with one attached hydrogen (secondary N) is 1. The van der Waals surface area contributed by atoms with Gasteiger partial charge in [0.1, 0.15) is 18.4 Å². The molecule has 0 aromatic heterocycles. The first kappa shape index (κ1) is 20.2. The summed E-state index contributed by atoms with van der Waals surface area (Å²) in [4.78, 5) is 26.1. The molecule has 2 aromatic carbocycles. The number of benzene rings is 2. The number of hydrogen-bond acceptors (Lipinski definition) is 3. The Morgan fingerprint density at radius 3 is 2.68 bits per heavy atom. The van der Waals surface area contributed by atoms with Crippen LogP contribution in [0.2, 0.25) is 5.02 Å². The van der Waals surface area contributed by atoms with Crippen molar-refractivity contribution < 1.29 is 14.3 Å². The first-order chi connectivity index (χ1) is 13.3. The molecule has 1 aliphatic heterocycles. The Balaban J connectivity index is 1.77. The highest BCUT2D eigenvalue weighted by Crippen LogP contribution is 2.37. The Bertz CT molecular complexity index is 911. The third-order valence-electron chi connectivity index (χ3n) is 4.82. The number of carbonyl (C=O) groups is 2. The highest BCUT2D eigenvalue weighted by atomic mass is 35.5. The van der Waals surface area contributed by atoms with Crippen LogP contribution in [0.3, 0.4) is 0 Å². The monoisotopic (exact) mass is 400 g/mol. The predicted octanol–water partition coefficient (Wildman–Crippen LogP) is 4.37. The first-order valence-corrected chi connectivity index (χ1v) is 9.77. The Hall–Kier alpha value is -2.53. The van der Waals surface area contributed by atoms with Gasteiger partial charge in [-0.25, -0.2) is 0 Å². The van der Waals surface area contributed by atoms with Gasteiger partial charge in [0.2, 0.25) is 5.91 Å². The van der Waals surface area contributed by atoms with Crippen LogP contribution in [0.5, 0.6) is 5.75 Å². The molecule has 0 unspecified atom stereocenters. The van der Waals surface area contributed by atoms with Crippen molar-refractivity contribution in [2.24, 2.45) is 0 Å². The summed E-state index contributed by atoms with van der Waals surface area (Å²) in [6.45, 7) is 8.41. The molecule has 28 heavy (non-hydrogen) atoms. The molecule has 0 aliphatic carbocycles. The van der Waals surface area contributed by atoms with Gasteiger partial charge in [-0.3, -0.25) is 9.59 Å². The fourth-order valence-electron chi connectivity index (χ4n) is 3.47. The van der Waals surface area contributed by atoms with Gasteiger partial charge in [0.05, 0.1) is 6.54 Å². The summed E-state index contributed by atoms with van der Waals surface area (Å²) in [5.41, 5.74) is 3.74. The van der Waals surface area contributed by atoms with Gasteiger partial charge in [-0.1, -0.05) is 37.6 Å². The lowest BCUT2D eigenvalue weighted by molar-refractivity contribution is -0.126. The summed E-state index contributed by atoms with van der Waals surface area (Å²) < 4.78 is 6.04. The van der Waals surface area contributed by atoms with Gasteiger partial charge < -0.3 is 15.0 Å². The van der Waals surface area contributed by atoms with Gasteiger partial charge in [0.15, 0.2) is 0 Å². The van der Waals surface area contributed by atoms with Crippen LogP contribution in [-0.2, 0) is 9.59 Å². The summed E-state index contributed by atoms with van der Waals surface area (Å²) in [6, 6.07) is 10.8. The number of hydrogen-bond donors (Lipinski definition) is 1. The zero-order valence-corrected chi connectivity index (χ0v) is 17.3. The molecule has 3 rings (SSSR count). The Morgan fingerprint density at radius 1 is 1.25 bits per heavy atom. The van der Waals surface area contributed by atoms with E-state index in [9.17, 15) is 9.59 Å². The molecule has 148 valence electrons. The lowest BCUT2D eigenvalue weighted by Gasteiger charge is -2.20. The number of carbonyl (C=O) groups excluding carboxylic acids is 2. The van der Waals surface area contributed by atoms with Gasteiger partial charge in [-0.15, -0.1) is 0 Å². The lowest BCUT2D eigenvalue weighted by atomic mass is 10.0. The maximum Gasteiger partial charge on any atom is 0.254 e. The minimum atomic E-state index is -0.712. The number of aryl methyl sites for hydroxylation is 1. The van der Waals surface area contributed by atoms with E-state index < -0.39 is 6.04 Å². The number of amides is 2. The van der Waals surface area contributed by atoms with Crippen molar-refractivity contribution >= 4 is 29.1 Å². The molecular weight excluding hydrogens is 376 g/mol. The first-order valence-electron chi connectivity index (χ1n) is 9.39. The summed E-state index contributed by atoms with van der Waals surface area (Å²) in [5.74, 6) is 0.750. The zero-order chi connectivity index (χ0) is 20.4. The quantitative estimate of drug-likeness (QED) is 0.783. The molecular formula is C22H25ClN2O3. The topological polar surface area (TPSA) is 58.6 Å². The maximum absolute atomic E-state index is 12.9. The van der Waals surface area contributed by atoms with Crippen LogP contribution in [0, 0.1) is 6.92 Å². The Kier molecular flexibility index (Phi) is 5.94. The van der Waals surface area contributed by atoms with Crippen LogP contribution in [0.15, 0.2) is 36.4 Å². The van der Waals surface area contributed by atoms with E-state index in [2.05, 4.69) is 31.3 Å². The molecule has 0 fully saturated rings. The van der Waals surface area contributed by atoms with Crippen molar-refractivity contribution in [3.05, 3.63) is 58.1 Å². The third kappa shape index (κ3) is 4.14. The molecule has 2 amide bonds. The van der Waals surface area contributed by atoms with E-state index in [0.29, 0.717) is 29.7 Å². The number of halogens is 1. The number of anilines is 1. The van der Waals surface area contributed by atoms with E-state index in [-0.39, 0.29) is 11.8 Å². The second kappa shape index (κ2) is 8.23. The lowest BCUT2D eigenvalue weighted by Crippen LogP contribution is -2.38. The molecule has 5 nitrogen and oxygen atoms in total. The number of nitrogens with zero attached hydrogens (tertiary/aromatic N) is 1. The van der Waals surface area contributed by atoms with Gasteiger partial charge in [-0.2, -0.15) is 0 Å². The van der Waals surface area contributed by atoms with E-state index in [0.717, 1.165) is 22.6 Å². The summed E-state index contributed by atoms with van der Waals surface area (Å²) in [6.07, 6.45) is 0. The Morgan fingerprint density at radius 2 is 2.00 bits per heavy atom. The largest absolute Gasteiger partial charge is 0.491 e. The number of ether oxygens (including phenoxy) is 1. The van der Waals surface area contributed by atoms with Crippen LogP contribution in [0.25, 0.3) is 0 Å². The van der Waals surface area contributed by atoms with E-state index in [1.165, 1.54) is 6.92 Å².